The molecule has 3 rings (SSSR count). The van der Waals surface area contributed by atoms with Crippen LogP contribution in [0.1, 0.15) is 12.5 Å². The molecule has 0 aliphatic rings. The minimum atomic E-state index is -3.03. The molecule has 0 radical (unpaired) electrons. The van der Waals surface area contributed by atoms with E-state index in [9.17, 15) is 8.42 Å². The summed E-state index contributed by atoms with van der Waals surface area (Å²) >= 11 is 0. The lowest BCUT2D eigenvalue weighted by Gasteiger charge is -2.08. The zero-order valence-corrected chi connectivity index (χ0v) is 14.7. The Balaban J connectivity index is 1.75. The lowest BCUT2D eigenvalue weighted by atomic mass is 10.1. The van der Waals surface area contributed by atoms with E-state index in [0.717, 1.165) is 22.5 Å². The number of aromatic nitrogens is 2. The Morgan fingerprint density at radius 1 is 0.960 bits per heavy atom. The van der Waals surface area contributed by atoms with Gasteiger partial charge in [0.2, 0.25) is 5.95 Å². The normalized spacial score (nSPS) is 11.2. The lowest BCUT2D eigenvalue weighted by Crippen LogP contribution is -2.06. The maximum Gasteiger partial charge on any atom is 0.227 e. The van der Waals surface area contributed by atoms with Gasteiger partial charge >= 0.3 is 0 Å². The van der Waals surface area contributed by atoms with Crippen LogP contribution in [-0.4, -0.2) is 24.1 Å². The summed E-state index contributed by atoms with van der Waals surface area (Å²) in [6.07, 6.45) is 1.71. The molecule has 1 heterocycles. The molecule has 0 aliphatic carbocycles. The Kier molecular flexibility index (Phi) is 5.09. The van der Waals surface area contributed by atoms with Crippen molar-refractivity contribution in [2.24, 2.45) is 0 Å². The Hall–Kier alpha value is -2.73. The van der Waals surface area contributed by atoms with Crippen molar-refractivity contribution in [3.8, 4) is 11.3 Å². The van der Waals surface area contributed by atoms with Gasteiger partial charge in [0.25, 0.3) is 0 Å². The second-order valence-electron chi connectivity index (χ2n) is 5.63. The minimum Gasteiger partial charge on any atom is -0.324 e. The number of hydrogen-bond donors (Lipinski definition) is 1. The first kappa shape index (κ1) is 17.1. The molecule has 0 saturated heterocycles. The first-order valence-corrected chi connectivity index (χ1v) is 9.83. The molecule has 1 aromatic heterocycles. The van der Waals surface area contributed by atoms with Crippen molar-refractivity contribution in [2.75, 3.05) is 11.1 Å². The number of sulfone groups is 1. The zero-order chi connectivity index (χ0) is 17.7. The van der Waals surface area contributed by atoms with Crippen LogP contribution >= 0.6 is 0 Å². The number of nitrogens with zero attached hydrogens (tertiary/aromatic N) is 2. The van der Waals surface area contributed by atoms with E-state index >= 15 is 0 Å². The van der Waals surface area contributed by atoms with Gasteiger partial charge in [-0.1, -0.05) is 49.4 Å². The van der Waals surface area contributed by atoms with E-state index in [1.807, 2.05) is 48.5 Å². The van der Waals surface area contributed by atoms with Crippen LogP contribution in [0.4, 0.5) is 11.6 Å². The van der Waals surface area contributed by atoms with Crippen LogP contribution in [-0.2, 0) is 15.6 Å². The van der Waals surface area contributed by atoms with Crippen LogP contribution in [0.5, 0.6) is 0 Å². The second-order valence-corrected chi connectivity index (χ2v) is 7.98. The van der Waals surface area contributed by atoms with Gasteiger partial charge in [0.1, 0.15) is 0 Å². The fourth-order valence-electron chi connectivity index (χ4n) is 2.36. The van der Waals surface area contributed by atoms with Crippen molar-refractivity contribution in [2.45, 2.75) is 12.7 Å². The molecule has 0 unspecified atom stereocenters. The predicted octanol–water partition coefficient (Wildman–Crippen LogP) is 3.82. The van der Waals surface area contributed by atoms with Gasteiger partial charge in [-0.3, -0.25) is 0 Å². The summed E-state index contributed by atoms with van der Waals surface area (Å²) in [6.45, 7) is 1.66. The summed E-state index contributed by atoms with van der Waals surface area (Å²) in [5, 5.41) is 3.15. The Morgan fingerprint density at radius 2 is 1.68 bits per heavy atom. The Bertz CT molecular complexity index is 940. The molecule has 6 heteroatoms. The van der Waals surface area contributed by atoms with Crippen LogP contribution in [0, 0.1) is 0 Å². The maximum absolute atomic E-state index is 11.7. The first-order chi connectivity index (χ1) is 12.1. The molecule has 3 aromatic rings. The highest BCUT2D eigenvalue weighted by molar-refractivity contribution is 7.90. The molecule has 1 N–H and O–H groups in total. The number of rotatable bonds is 6. The standard InChI is InChI=1S/C19H19N3O2S/c1-2-25(23,24)14-15-8-10-17(11-9-15)21-19-20-13-12-18(22-19)16-6-4-3-5-7-16/h3-13H,2,14H2,1H3,(H,20,21,22). The molecule has 0 bridgehead atoms. The summed E-state index contributed by atoms with van der Waals surface area (Å²) in [6, 6.07) is 19.0. The highest BCUT2D eigenvalue weighted by atomic mass is 32.2. The average molecular weight is 353 g/mol. The monoisotopic (exact) mass is 353 g/mol. The van der Waals surface area contributed by atoms with Crippen molar-refractivity contribution >= 4 is 21.5 Å². The number of hydrogen-bond acceptors (Lipinski definition) is 5. The molecule has 0 atom stereocenters. The smallest absolute Gasteiger partial charge is 0.227 e. The molecule has 25 heavy (non-hydrogen) atoms. The molecule has 2 aromatic carbocycles. The molecule has 0 saturated carbocycles. The van der Waals surface area contributed by atoms with Crippen molar-refractivity contribution in [3.05, 3.63) is 72.4 Å². The van der Waals surface area contributed by atoms with E-state index in [1.165, 1.54) is 0 Å². The van der Waals surface area contributed by atoms with Gasteiger partial charge < -0.3 is 5.32 Å². The van der Waals surface area contributed by atoms with E-state index in [-0.39, 0.29) is 11.5 Å². The number of benzene rings is 2. The highest BCUT2D eigenvalue weighted by Gasteiger charge is 2.09. The topological polar surface area (TPSA) is 72.0 Å². The van der Waals surface area contributed by atoms with Crippen molar-refractivity contribution < 1.29 is 8.42 Å². The van der Waals surface area contributed by atoms with Gasteiger partial charge in [-0.2, -0.15) is 0 Å². The average Bonchev–Trinajstić information content (AvgIpc) is 2.64. The Labute approximate surface area is 147 Å². The van der Waals surface area contributed by atoms with Gasteiger partial charge in [0, 0.05) is 23.2 Å². The zero-order valence-electron chi connectivity index (χ0n) is 13.9. The van der Waals surface area contributed by atoms with Crippen LogP contribution in [0.3, 0.4) is 0 Å². The van der Waals surface area contributed by atoms with Crippen LogP contribution in [0.2, 0.25) is 0 Å². The van der Waals surface area contributed by atoms with Gasteiger partial charge in [-0.05, 0) is 23.8 Å². The molecule has 0 fully saturated rings. The van der Waals surface area contributed by atoms with Crippen molar-refractivity contribution in [1.29, 1.82) is 0 Å². The van der Waals surface area contributed by atoms with Gasteiger partial charge in [-0.25, -0.2) is 18.4 Å². The predicted molar refractivity (Wildman–Crippen MR) is 100 cm³/mol. The first-order valence-electron chi connectivity index (χ1n) is 8.00. The molecule has 5 nitrogen and oxygen atoms in total. The lowest BCUT2D eigenvalue weighted by molar-refractivity contribution is 0.596. The van der Waals surface area contributed by atoms with Gasteiger partial charge in [0.05, 0.1) is 11.4 Å². The summed E-state index contributed by atoms with van der Waals surface area (Å²) < 4.78 is 23.4. The van der Waals surface area contributed by atoms with E-state index in [0.29, 0.717) is 5.95 Å². The third-order valence-electron chi connectivity index (χ3n) is 3.76. The quantitative estimate of drug-likeness (QED) is 0.729. The molecule has 128 valence electrons. The SMILES string of the molecule is CCS(=O)(=O)Cc1ccc(Nc2nccc(-c3ccccc3)n2)cc1. The summed E-state index contributed by atoms with van der Waals surface area (Å²) in [4.78, 5) is 8.75. The second kappa shape index (κ2) is 7.44. The van der Waals surface area contributed by atoms with E-state index < -0.39 is 9.84 Å². The summed E-state index contributed by atoms with van der Waals surface area (Å²) in [7, 11) is -3.03. The van der Waals surface area contributed by atoms with Crippen LogP contribution in [0.25, 0.3) is 11.3 Å². The molecular formula is C19H19N3O2S. The number of anilines is 2. The summed E-state index contributed by atoms with van der Waals surface area (Å²) in [5.74, 6) is 0.701. The summed E-state index contributed by atoms with van der Waals surface area (Å²) in [5.41, 5.74) is 3.44. The minimum absolute atomic E-state index is 0.0593. The van der Waals surface area contributed by atoms with Crippen molar-refractivity contribution in [3.63, 3.8) is 0 Å². The molecule has 0 amide bonds. The van der Waals surface area contributed by atoms with E-state index in [4.69, 9.17) is 0 Å². The largest absolute Gasteiger partial charge is 0.324 e. The maximum atomic E-state index is 11.7. The molecular weight excluding hydrogens is 334 g/mol. The fourth-order valence-corrected chi connectivity index (χ4v) is 3.26. The number of nitrogens with one attached hydrogen (secondary N) is 1. The highest BCUT2D eigenvalue weighted by Crippen LogP contribution is 2.19. The van der Waals surface area contributed by atoms with Crippen molar-refractivity contribution in [1.82, 2.24) is 9.97 Å². The van der Waals surface area contributed by atoms with Gasteiger partial charge in [0.15, 0.2) is 9.84 Å². The third-order valence-corrected chi connectivity index (χ3v) is 5.41. The fraction of sp³-hybridized carbons (Fsp3) is 0.158. The third kappa shape index (κ3) is 4.64. The van der Waals surface area contributed by atoms with Gasteiger partial charge in [-0.15, -0.1) is 0 Å². The van der Waals surface area contributed by atoms with Crippen LogP contribution in [0.15, 0.2) is 66.9 Å². The van der Waals surface area contributed by atoms with E-state index in [2.05, 4.69) is 15.3 Å². The van der Waals surface area contributed by atoms with E-state index in [1.54, 1.807) is 25.3 Å². The van der Waals surface area contributed by atoms with Crippen LogP contribution < -0.4 is 5.32 Å². The molecule has 0 aliphatic heterocycles. The Morgan fingerprint density at radius 3 is 2.36 bits per heavy atom. The molecule has 0 spiro atoms.